The van der Waals surface area contributed by atoms with Crippen molar-refractivity contribution < 1.29 is 4.74 Å². The van der Waals surface area contributed by atoms with Gasteiger partial charge in [-0.3, -0.25) is 0 Å². The molecule has 1 aliphatic heterocycles. The Bertz CT molecular complexity index is 563. The average Bonchev–Trinajstić information content (AvgIpc) is 2.72. The Balaban J connectivity index is 1.87. The minimum Gasteiger partial charge on any atom is -0.378 e. The topological polar surface area (TPSA) is 35.0 Å². The minimum atomic E-state index is 0.258. The van der Waals surface area contributed by atoms with Gasteiger partial charge in [0.2, 0.25) is 0 Å². The van der Waals surface area contributed by atoms with Gasteiger partial charge >= 0.3 is 0 Å². The van der Waals surface area contributed by atoms with Crippen LogP contribution < -0.4 is 0 Å². The summed E-state index contributed by atoms with van der Waals surface area (Å²) < 4.78 is 5.72. The molecule has 1 aliphatic rings. The van der Waals surface area contributed by atoms with Crippen molar-refractivity contribution in [3.63, 3.8) is 0 Å². The molecule has 5 heteroatoms. The molecule has 1 saturated heterocycles. The first-order valence-corrected chi connectivity index (χ1v) is 7.46. The van der Waals surface area contributed by atoms with E-state index in [0.29, 0.717) is 5.15 Å². The number of nitrogens with zero attached hydrogens (tertiary/aromatic N) is 2. The van der Waals surface area contributed by atoms with Gasteiger partial charge in [0, 0.05) is 23.3 Å². The molecule has 3 heterocycles. The molecule has 3 nitrogen and oxygen atoms in total. The van der Waals surface area contributed by atoms with E-state index in [1.165, 1.54) is 17.7 Å². The first-order valence-electron chi connectivity index (χ1n) is 6.26. The predicted octanol–water partition coefficient (Wildman–Crippen LogP) is 3.76. The summed E-state index contributed by atoms with van der Waals surface area (Å²) in [6.45, 7) is 2.92. The zero-order chi connectivity index (χ0) is 12.5. The molecule has 3 rings (SSSR count). The third-order valence-electron chi connectivity index (χ3n) is 3.20. The summed E-state index contributed by atoms with van der Waals surface area (Å²) in [5.74, 6) is 0.807. The fourth-order valence-electron chi connectivity index (χ4n) is 2.31. The van der Waals surface area contributed by atoms with Crippen molar-refractivity contribution in [2.45, 2.75) is 38.7 Å². The molecule has 2 aromatic heterocycles. The number of hydrogen-bond acceptors (Lipinski definition) is 4. The molecule has 0 N–H and O–H groups in total. The third-order valence-corrected chi connectivity index (χ3v) is 4.43. The van der Waals surface area contributed by atoms with Crippen LogP contribution in [0.3, 0.4) is 0 Å². The smallest absolute Gasteiger partial charge is 0.141 e. The zero-order valence-corrected chi connectivity index (χ0v) is 11.9. The van der Waals surface area contributed by atoms with Crippen LogP contribution in [0.5, 0.6) is 0 Å². The van der Waals surface area contributed by atoms with Gasteiger partial charge in [-0.05, 0) is 32.3 Å². The second-order valence-electron chi connectivity index (χ2n) is 4.70. The Morgan fingerprint density at radius 2 is 2.33 bits per heavy atom. The summed E-state index contributed by atoms with van der Waals surface area (Å²) >= 11 is 7.87. The van der Waals surface area contributed by atoms with Crippen molar-refractivity contribution in [1.82, 2.24) is 9.97 Å². The molecule has 0 radical (unpaired) electrons. The van der Waals surface area contributed by atoms with E-state index in [1.54, 1.807) is 11.3 Å². The maximum atomic E-state index is 6.21. The summed E-state index contributed by atoms with van der Waals surface area (Å²) in [4.78, 5) is 11.2. The van der Waals surface area contributed by atoms with Gasteiger partial charge in [0.15, 0.2) is 0 Å². The van der Waals surface area contributed by atoms with Gasteiger partial charge in [0.25, 0.3) is 0 Å². The van der Waals surface area contributed by atoms with Crippen LogP contribution in [0.15, 0.2) is 6.07 Å². The van der Waals surface area contributed by atoms with E-state index in [9.17, 15) is 0 Å². The van der Waals surface area contributed by atoms with Gasteiger partial charge in [0.05, 0.1) is 6.10 Å². The molecule has 1 atom stereocenters. The highest BCUT2D eigenvalue weighted by Gasteiger charge is 2.17. The van der Waals surface area contributed by atoms with E-state index in [4.69, 9.17) is 16.3 Å². The molecule has 0 aliphatic carbocycles. The minimum absolute atomic E-state index is 0.258. The fourth-order valence-corrected chi connectivity index (χ4v) is 3.51. The predicted molar refractivity (Wildman–Crippen MR) is 74.5 cm³/mol. The van der Waals surface area contributed by atoms with E-state index < -0.39 is 0 Å². The van der Waals surface area contributed by atoms with Crippen molar-refractivity contribution in [3.8, 4) is 0 Å². The normalized spacial score (nSPS) is 20.4. The maximum absolute atomic E-state index is 6.21. The van der Waals surface area contributed by atoms with E-state index in [-0.39, 0.29) is 6.10 Å². The van der Waals surface area contributed by atoms with Gasteiger partial charge in [-0.15, -0.1) is 11.3 Å². The second-order valence-corrected chi connectivity index (χ2v) is 6.29. The Kier molecular flexibility index (Phi) is 3.50. The lowest BCUT2D eigenvalue weighted by Gasteiger charge is -2.21. The quantitative estimate of drug-likeness (QED) is 0.787. The number of halogens is 1. The summed E-state index contributed by atoms with van der Waals surface area (Å²) in [5.41, 5.74) is 0. The number of ether oxygens (including phenoxy) is 1. The number of fused-ring (bicyclic) bond motifs is 1. The number of thiophene rings is 1. The van der Waals surface area contributed by atoms with Crippen LogP contribution in [0.1, 0.15) is 30.0 Å². The molecule has 18 heavy (non-hydrogen) atoms. The largest absolute Gasteiger partial charge is 0.378 e. The van der Waals surface area contributed by atoms with Crippen LogP contribution >= 0.6 is 22.9 Å². The Labute approximate surface area is 115 Å². The number of rotatable bonds is 2. The first-order chi connectivity index (χ1) is 8.72. The van der Waals surface area contributed by atoms with Crippen LogP contribution in [0.4, 0.5) is 0 Å². The lowest BCUT2D eigenvalue weighted by atomic mass is 10.1. The molecule has 0 bridgehead atoms. The van der Waals surface area contributed by atoms with Crippen LogP contribution in [0, 0.1) is 6.92 Å². The summed E-state index contributed by atoms with van der Waals surface area (Å²) in [7, 11) is 0. The Hall–Kier alpha value is -0.710. The molecule has 1 unspecified atom stereocenters. The summed E-state index contributed by atoms with van der Waals surface area (Å²) in [6.07, 6.45) is 4.53. The van der Waals surface area contributed by atoms with E-state index in [2.05, 4.69) is 16.9 Å². The monoisotopic (exact) mass is 282 g/mol. The second kappa shape index (κ2) is 5.11. The molecule has 0 spiro atoms. The highest BCUT2D eigenvalue weighted by molar-refractivity contribution is 7.18. The summed E-state index contributed by atoms with van der Waals surface area (Å²) in [5, 5.41) is 1.53. The van der Waals surface area contributed by atoms with E-state index >= 15 is 0 Å². The molecule has 2 aromatic rings. The molecular formula is C13H15ClN2OS. The van der Waals surface area contributed by atoms with Crippen LogP contribution in [-0.2, 0) is 11.2 Å². The molecule has 0 aromatic carbocycles. The number of aryl methyl sites for hydroxylation is 1. The van der Waals surface area contributed by atoms with Gasteiger partial charge in [0.1, 0.15) is 15.8 Å². The van der Waals surface area contributed by atoms with Gasteiger partial charge < -0.3 is 4.74 Å². The fraction of sp³-hybridized carbons (Fsp3) is 0.538. The summed E-state index contributed by atoms with van der Waals surface area (Å²) in [6, 6.07) is 2.04. The molecule has 0 saturated carbocycles. The standard InChI is InChI=1S/C13H15ClN2OS/c1-8-6-10-12(14)15-11(16-13(10)18-8)7-9-4-2-3-5-17-9/h6,9H,2-5,7H2,1H3. The van der Waals surface area contributed by atoms with Crippen molar-refractivity contribution in [2.75, 3.05) is 6.61 Å². The average molecular weight is 283 g/mol. The van der Waals surface area contributed by atoms with Crippen molar-refractivity contribution in [1.29, 1.82) is 0 Å². The number of aromatic nitrogens is 2. The van der Waals surface area contributed by atoms with Crippen molar-refractivity contribution in [3.05, 3.63) is 21.9 Å². The Morgan fingerprint density at radius 1 is 1.44 bits per heavy atom. The highest BCUT2D eigenvalue weighted by atomic mass is 35.5. The van der Waals surface area contributed by atoms with Crippen LogP contribution in [-0.4, -0.2) is 22.7 Å². The molecule has 1 fully saturated rings. The van der Waals surface area contributed by atoms with Gasteiger partial charge in [-0.2, -0.15) is 0 Å². The van der Waals surface area contributed by atoms with E-state index in [1.807, 2.05) is 6.07 Å². The SMILES string of the molecule is Cc1cc2c(Cl)nc(CC3CCCCO3)nc2s1. The molecular weight excluding hydrogens is 268 g/mol. The van der Waals surface area contributed by atoms with Gasteiger partial charge in [-0.25, -0.2) is 9.97 Å². The van der Waals surface area contributed by atoms with Crippen LogP contribution in [0.25, 0.3) is 10.2 Å². The molecule has 96 valence electrons. The van der Waals surface area contributed by atoms with Gasteiger partial charge in [-0.1, -0.05) is 11.6 Å². The first kappa shape index (κ1) is 12.3. The Morgan fingerprint density at radius 3 is 3.11 bits per heavy atom. The van der Waals surface area contributed by atoms with Crippen molar-refractivity contribution in [2.24, 2.45) is 0 Å². The highest BCUT2D eigenvalue weighted by Crippen LogP contribution is 2.28. The molecule has 0 amide bonds. The lowest BCUT2D eigenvalue weighted by molar-refractivity contribution is 0.0157. The lowest BCUT2D eigenvalue weighted by Crippen LogP contribution is -2.22. The third kappa shape index (κ3) is 2.51. The van der Waals surface area contributed by atoms with E-state index in [0.717, 1.165) is 35.5 Å². The number of hydrogen-bond donors (Lipinski definition) is 0. The van der Waals surface area contributed by atoms with Crippen molar-refractivity contribution >= 4 is 33.2 Å². The van der Waals surface area contributed by atoms with Crippen LogP contribution in [0.2, 0.25) is 5.15 Å². The maximum Gasteiger partial charge on any atom is 0.141 e. The zero-order valence-electron chi connectivity index (χ0n) is 10.3.